The average Bonchev–Trinajstić information content (AvgIpc) is 2.50. The summed E-state index contributed by atoms with van der Waals surface area (Å²) in [5.41, 5.74) is 0. The smallest absolute Gasteiger partial charge is 0.0282 e. The fraction of sp³-hybridized carbons (Fsp3) is 1.00. The van der Waals surface area contributed by atoms with Crippen LogP contribution in [0, 0.1) is 0 Å². The van der Waals surface area contributed by atoms with Gasteiger partial charge in [0.05, 0.1) is 0 Å². The molecule has 1 N–H and O–H groups in total. The molecular weight excluding hydrogens is 118 g/mol. The molecule has 0 heterocycles. The number of nitrogens with one attached hydrogen (secondary N) is 1. The highest BCUT2D eigenvalue weighted by Crippen LogP contribution is 2.46. The molecule has 1 nitrogen and oxygen atoms in total. The Kier molecular flexibility index (Phi) is 1.83. The van der Waals surface area contributed by atoms with Gasteiger partial charge >= 0.3 is 0 Å². The molecule has 0 saturated heterocycles. The van der Waals surface area contributed by atoms with Crippen LogP contribution in [-0.4, -0.2) is 24.6 Å². The molecule has 0 amide bonds. The van der Waals surface area contributed by atoms with E-state index in [1.807, 2.05) is 18.8 Å². The molecule has 2 heteroatoms. The van der Waals surface area contributed by atoms with E-state index in [-0.39, 0.29) is 0 Å². The highest BCUT2D eigenvalue weighted by molar-refractivity contribution is 8.00. The second-order valence-corrected chi connectivity index (χ2v) is 3.69. The first kappa shape index (κ1) is 6.43. The monoisotopic (exact) mass is 131 g/mol. The van der Waals surface area contributed by atoms with Crippen LogP contribution >= 0.6 is 11.8 Å². The Morgan fingerprint density at radius 3 is 2.38 bits per heavy atom. The van der Waals surface area contributed by atoms with Crippen LogP contribution in [-0.2, 0) is 0 Å². The lowest BCUT2D eigenvalue weighted by molar-refractivity contribution is 0.753. The van der Waals surface area contributed by atoms with Crippen molar-refractivity contribution in [3.63, 3.8) is 0 Å². The van der Waals surface area contributed by atoms with E-state index in [2.05, 4.69) is 11.6 Å². The van der Waals surface area contributed by atoms with Crippen molar-refractivity contribution in [2.45, 2.75) is 17.6 Å². The molecule has 1 aliphatic carbocycles. The van der Waals surface area contributed by atoms with E-state index in [1.165, 1.54) is 19.4 Å². The number of hydrogen-bond acceptors (Lipinski definition) is 2. The first-order valence-electron chi connectivity index (χ1n) is 3.03. The summed E-state index contributed by atoms with van der Waals surface area (Å²) >= 11 is 2.00. The molecule has 1 fully saturated rings. The highest BCUT2D eigenvalue weighted by Gasteiger charge is 2.40. The lowest BCUT2D eigenvalue weighted by Crippen LogP contribution is -2.21. The van der Waals surface area contributed by atoms with Crippen LogP contribution in [0.4, 0.5) is 0 Å². The maximum Gasteiger partial charge on any atom is 0.0282 e. The third-order valence-corrected chi connectivity index (χ3v) is 3.16. The van der Waals surface area contributed by atoms with E-state index in [0.717, 1.165) is 0 Å². The largest absolute Gasteiger partial charge is 0.318 e. The molecule has 1 rings (SSSR count). The van der Waals surface area contributed by atoms with Gasteiger partial charge in [-0.2, -0.15) is 11.8 Å². The molecule has 0 spiro atoms. The van der Waals surface area contributed by atoms with Gasteiger partial charge in [0.15, 0.2) is 0 Å². The van der Waals surface area contributed by atoms with Crippen LogP contribution in [0.25, 0.3) is 0 Å². The number of thioether (sulfide) groups is 1. The normalized spacial score (nSPS) is 23.2. The highest BCUT2D eigenvalue weighted by atomic mass is 32.2. The van der Waals surface area contributed by atoms with Crippen LogP contribution in [0.1, 0.15) is 12.8 Å². The Labute approximate surface area is 55.2 Å². The summed E-state index contributed by atoms with van der Waals surface area (Å²) in [4.78, 5) is 0. The minimum Gasteiger partial charge on any atom is -0.318 e. The standard InChI is InChI=1S/C6H13NS/c1-7-5-6(8-2)3-4-6/h7H,3-5H2,1-2H3. The number of hydrogen-bond donors (Lipinski definition) is 1. The summed E-state index contributed by atoms with van der Waals surface area (Å²) in [6, 6.07) is 0. The van der Waals surface area contributed by atoms with Gasteiger partial charge in [0.25, 0.3) is 0 Å². The molecule has 0 aromatic rings. The zero-order valence-corrected chi connectivity index (χ0v) is 6.35. The van der Waals surface area contributed by atoms with Gasteiger partial charge in [-0.1, -0.05) is 0 Å². The molecule has 0 radical (unpaired) electrons. The van der Waals surface area contributed by atoms with Gasteiger partial charge in [0.1, 0.15) is 0 Å². The zero-order valence-electron chi connectivity index (χ0n) is 5.53. The molecule has 8 heavy (non-hydrogen) atoms. The van der Waals surface area contributed by atoms with Gasteiger partial charge in [0, 0.05) is 11.3 Å². The van der Waals surface area contributed by atoms with Gasteiger partial charge < -0.3 is 5.32 Å². The summed E-state index contributed by atoms with van der Waals surface area (Å²) in [6.07, 6.45) is 5.02. The molecule has 0 aliphatic heterocycles. The molecule has 0 unspecified atom stereocenters. The van der Waals surface area contributed by atoms with Crippen LogP contribution < -0.4 is 5.32 Å². The van der Waals surface area contributed by atoms with Crippen molar-refractivity contribution >= 4 is 11.8 Å². The van der Waals surface area contributed by atoms with E-state index < -0.39 is 0 Å². The van der Waals surface area contributed by atoms with E-state index in [9.17, 15) is 0 Å². The van der Waals surface area contributed by atoms with Crippen LogP contribution in [0.5, 0.6) is 0 Å². The van der Waals surface area contributed by atoms with Crippen molar-refractivity contribution in [2.24, 2.45) is 0 Å². The summed E-state index contributed by atoms with van der Waals surface area (Å²) < 4.78 is 0.648. The zero-order chi connectivity index (χ0) is 6.04. The summed E-state index contributed by atoms with van der Waals surface area (Å²) in [5, 5.41) is 3.20. The predicted molar refractivity (Wildman–Crippen MR) is 39.4 cm³/mol. The van der Waals surface area contributed by atoms with Crippen molar-refractivity contribution in [3.8, 4) is 0 Å². The first-order valence-corrected chi connectivity index (χ1v) is 4.25. The Bertz CT molecular complexity index is 78.6. The average molecular weight is 131 g/mol. The molecule has 48 valence electrons. The van der Waals surface area contributed by atoms with E-state index >= 15 is 0 Å². The van der Waals surface area contributed by atoms with E-state index in [0.29, 0.717) is 4.75 Å². The van der Waals surface area contributed by atoms with Gasteiger partial charge in [-0.05, 0) is 26.1 Å². The van der Waals surface area contributed by atoms with Crippen molar-refractivity contribution in [3.05, 3.63) is 0 Å². The maximum atomic E-state index is 3.20. The van der Waals surface area contributed by atoms with Crippen molar-refractivity contribution in [1.29, 1.82) is 0 Å². The minimum absolute atomic E-state index is 0.648. The van der Waals surface area contributed by atoms with E-state index in [1.54, 1.807) is 0 Å². The van der Waals surface area contributed by atoms with E-state index in [4.69, 9.17) is 0 Å². The van der Waals surface area contributed by atoms with Gasteiger partial charge in [-0.3, -0.25) is 0 Å². The second-order valence-electron chi connectivity index (χ2n) is 2.42. The van der Waals surface area contributed by atoms with Gasteiger partial charge in [-0.15, -0.1) is 0 Å². The summed E-state index contributed by atoms with van der Waals surface area (Å²) in [7, 11) is 2.02. The van der Waals surface area contributed by atoms with Gasteiger partial charge in [0.2, 0.25) is 0 Å². The molecule has 0 atom stereocenters. The van der Waals surface area contributed by atoms with Crippen LogP contribution in [0.15, 0.2) is 0 Å². The Morgan fingerprint density at radius 1 is 1.62 bits per heavy atom. The molecule has 0 aromatic heterocycles. The van der Waals surface area contributed by atoms with Crippen LogP contribution in [0.2, 0.25) is 0 Å². The second kappa shape index (κ2) is 2.28. The van der Waals surface area contributed by atoms with Crippen molar-refractivity contribution in [2.75, 3.05) is 19.8 Å². The Morgan fingerprint density at radius 2 is 2.25 bits per heavy atom. The molecular formula is C6H13NS. The van der Waals surface area contributed by atoms with Crippen LogP contribution in [0.3, 0.4) is 0 Å². The summed E-state index contributed by atoms with van der Waals surface area (Å²) in [5.74, 6) is 0. The fourth-order valence-corrected chi connectivity index (χ4v) is 1.71. The summed E-state index contributed by atoms with van der Waals surface area (Å²) in [6.45, 7) is 1.19. The number of rotatable bonds is 3. The predicted octanol–water partition coefficient (Wildman–Crippen LogP) is 1.10. The first-order chi connectivity index (χ1) is 3.83. The SMILES string of the molecule is CNCC1(SC)CC1. The third-order valence-electron chi connectivity index (χ3n) is 1.74. The topological polar surface area (TPSA) is 12.0 Å². The van der Waals surface area contributed by atoms with Gasteiger partial charge in [-0.25, -0.2) is 0 Å². The molecule has 1 saturated carbocycles. The lowest BCUT2D eigenvalue weighted by atomic mass is 10.4. The molecule has 1 aliphatic rings. The Balaban J connectivity index is 2.20. The third kappa shape index (κ3) is 1.17. The van der Waals surface area contributed by atoms with Crippen molar-refractivity contribution < 1.29 is 0 Å². The lowest BCUT2D eigenvalue weighted by Gasteiger charge is -2.08. The van der Waals surface area contributed by atoms with Crippen molar-refractivity contribution in [1.82, 2.24) is 5.32 Å². The maximum absolute atomic E-state index is 3.20. The fourth-order valence-electron chi connectivity index (χ4n) is 0.915. The Hall–Kier alpha value is 0.310. The molecule has 0 aromatic carbocycles. The quantitative estimate of drug-likeness (QED) is 0.615. The molecule has 0 bridgehead atoms. The minimum atomic E-state index is 0.648.